The van der Waals surface area contributed by atoms with Crippen LogP contribution in [0, 0.1) is 0 Å². The summed E-state index contributed by atoms with van der Waals surface area (Å²) in [6.07, 6.45) is 6.48. The van der Waals surface area contributed by atoms with Crippen LogP contribution in [0.2, 0.25) is 5.02 Å². The molecular formula is C17H25ClN2O. The zero-order chi connectivity index (χ0) is 14.8. The van der Waals surface area contributed by atoms with Gasteiger partial charge in [-0.2, -0.15) is 0 Å². The molecule has 1 aromatic carbocycles. The van der Waals surface area contributed by atoms with Gasteiger partial charge in [-0.3, -0.25) is 4.90 Å². The molecule has 21 heavy (non-hydrogen) atoms. The second-order valence-corrected chi connectivity index (χ2v) is 6.70. The predicted octanol–water partition coefficient (Wildman–Crippen LogP) is 3.45. The van der Waals surface area contributed by atoms with Crippen molar-refractivity contribution in [3.8, 4) is 5.75 Å². The smallest absolute Gasteiger partial charge is 0.124 e. The van der Waals surface area contributed by atoms with Crippen molar-refractivity contribution in [3.63, 3.8) is 0 Å². The summed E-state index contributed by atoms with van der Waals surface area (Å²) in [7, 11) is 3.82. The van der Waals surface area contributed by atoms with Gasteiger partial charge in [-0.15, -0.1) is 0 Å². The highest BCUT2D eigenvalue weighted by Gasteiger charge is 2.38. The van der Waals surface area contributed by atoms with E-state index in [1.807, 2.05) is 18.2 Å². The number of ether oxygens (including phenoxy) is 1. The molecule has 3 rings (SSSR count). The van der Waals surface area contributed by atoms with Crippen LogP contribution in [0.1, 0.15) is 37.7 Å². The maximum Gasteiger partial charge on any atom is 0.124 e. The Balaban J connectivity index is 1.82. The number of rotatable bonds is 4. The van der Waals surface area contributed by atoms with E-state index in [0.717, 1.165) is 22.9 Å². The van der Waals surface area contributed by atoms with Gasteiger partial charge in [-0.05, 0) is 44.9 Å². The van der Waals surface area contributed by atoms with Crippen molar-refractivity contribution in [2.45, 2.75) is 56.8 Å². The van der Waals surface area contributed by atoms with Gasteiger partial charge in [0.2, 0.25) is 0 Å². The molecule has 3 nitrogen and oxygen atoms in total. The molecule has 2 aliphatic heterocycles. The van der Waals surface area contributed by atoms with Crippen LogP contribution in [0.3, 0.4) is 0 Å². The Morgan fingerprint density at radius 3 is 2.62 bits per heavy atom. The summed E-state index contributed by atoms with van der Waals surface area (Å²) >= 11 is 6.42. The Bertz CT molecular complexity index is 480. The van der Waals surface area contributed by atoms with Crippen LogP contribution >= 0.6 is 11.6 Å². The maximum atomic E-state index is 6.42. The lowest BCUT2D eigenvalue weighted by Gasteiger charge is -2.49. The van der Waals surface area contributed by atoms with Crippen LogP contribution in [-0.4, -0.2) is 37.2 Å². The quantitative estimate of drug-likeness (QED) is 0.922. The predicted molar refractivity (Wildman–Crippen MR) is 87.1 cm³/mol. The van der Waals surface area contributed by atoms with Gasteiger partial charge in [0.15, 0.2) is 0 Å². The lowest BCUT2D eigenvalue weighted by atomic mass is 9.81. The summed E-state index contributed by atoms with van der Waals surface area (Å²) in [5, 5.41) is 4.30. The summed E-state index contributed by atoms with van der Waals surface area (Å²) < 4.78 is 5.51. The molecule has 2 atom stereocenters. The van der Waals surface area contributed by atoms with E-state index >= 15 is 0 Å². The van der Waals surface area contributed by atoms with Crippen LogP contribution in [0.4, 0.5) is 0 Å². The SMILES string of the molecule is CNC1CC2CCCC(C1)N2Cc1c(Cl)cccc1OC. The second kappa shape index (κ2) is 6.55. The standard InChI is InChI=1S/C17H25ClN2O/c1-19-12-9-13-5-3-6-14(10-12)20(13)11-15-16(18)7-4-8-17(15)21-2/h4,7-8,12-14,19H,3,5-6,9-11H2,1-2H3. The molecule has 2 unspecified atom stereocenters. The Hall–Kier alpha value is -0.770. The van der Waals surface area contributed by atoms with Crippen molar-refractivity contribution in [2.24, 2.45) is 0 Å². The van der Waals surface area contributed by atoms with Gasteiger partial charge in [0.25, 0.3) is 0 Å². The van der Waals surface area contributed by atoms with E-state index in [1.165, 1.54) is 32.1 Å². The number of hydrogen-bond donors (Lipinski definition) is 1. The highest BCUT2D eigenvalue weighted by molar-refractivity contribution is 6.31. The molecule has 0 radical (unpaired) electrons. The van der Waals surface area contributed by atoms with E-state index in [0.29, 0.717) is 18.1 Å². The molecule has 0 spiro atoms. The average Bonchev–Trinajstić information content (AvgIpc) is 2.48. The Morgan fingerprint density at radius 2 is 2.00 bits per heavy atom. The third-order valence-corrected chi connectivity index (χ3v) is 5.52. The zero-order valence-corrected chi connectivity index (χ0v) is 13.7. The minimum atomic E-state index is 0.671. The Kier molecular flexibility index (Phi) is 4.72. The van der Waals surface area contributed by atoms with E-state index < -0.39 is 0 Å². The first kappa shape index (κ1) is 15.1. The van der Waals surface area contributed by atoms with Gasteiger partial charge in [0.1, 0.15) is 5.75 Å². The number of nitrogens with one attached hydrogen (secondary N) is 1. The highest BCUT2D eigenvalue weighted by atomic mass is 35.5. The van der Waals surface area contributed by atoms with Crippen molar-refractivity contribution < 1.29 is 4.74 Å². The van der Waals surface area contributed by atoms with Crippen LogP contribution in [0.5, 0.6) is 5.75 Å². The van der Waals surface area contributed by atoms with E-state index in [-0.39, 0.29) is 0 Å². The van der Waals surface area contributed by atoms with E-state index in [2.05, 4.69) is 17.3 Å². The Morgan fingerprint density at radius 1 is 1.29 bits per heavy atom. The number of halogens is 1. The largest absolute Gasteiger partial charge is 0.496 e. The third kappa shape index (κ3) is 3.05. The molecule has 2 fully saturated rings. The van der Waals surface area contributed by atoms with Crippen molar-refractivity contribution in [1.29, 1.82) is 0 Å². The summed E-state index contributed by atoms with van der Waals surface area (Å²) in [5.74, 6) is 0.913. The van der Waals surface area contributed by atoms with Crippen LogP contribution < -0.4 is 10.1 Å². The summed E-state index contributed by atoms with van der Waals surface area (Å²) in [5.41, 5.74) is 1.14. The fourth-order valence-electron chi connectivity index (χ4n) is 4.04. The summed E-state index contributed by atoms with van der Waals surface area (Å²) in [6, 6.07) is 7.96. The Labute approximate surface area is 132 Å². The number of nitrogens with zero attached hydrogens (tertiary/aromatic N) is 1. The van der Waals surface area contributed by atoms with Gasteiger partial charge in [0.05, 0.1) is 7.11 Å². The molecule has 0 aliphatic carbocycles. The molecule has 4 heteroatoms. The number of fused-ring (bicyclic) bond motifs is 2. The molecule has 2 saturated heterocycles. The molecule has 0 saturated carbocycles. The fourth-order valence-corrected chi connectivity index (χ4v) is 4.26. The molecule has 2 bridgehead atoms. The van der Waals surface area contributed by atoms with Crippen molar-refractivity contribution in [1.82, 2.24) is 10.2 Å². The number of piperidine rings is 2. The maximum absolute atomic E-state index is 6.42. The minimum Gasteiger partial charge on any atom is -0.496 e. The minimum absolute atomic E-state index is 0.671. The lowest BCUT2D eigenvalue weighted by molar-refractivity contribution is 0.0186. The molecule has 116 valence electrons. The number of methoxy groups -OCH3 is 1. The molecule has 2 aliphatic rings. The molecular weight excluding hydrogens is 284 g/mol. The van der Waals surface area contributed by atoms with Gasteiger partial charge < -0.3 is 10.1 Å². The molecule has 0 aromatic heterocycles. The van der Waals surface area contributed by atoms with Crippen LogP contribution in [0.25, 0.3) is 0 Å². The monoisotopic (exact) mass is 308 g/mol. The average molecular weight is 309 g/mol. The summed E-state index contributed by atoms with van der Waals surface area (Å²) in [6.45, 7) is 0.911. The molecule has 1 aromatic rings. The van der Waals surface area contributed by atoms with Crippen LogP contribution in [0.15, 0.2) is 18.2 Å². The first-order valence-corrected chi connectivity index (χ1v) is 8.35. The van der Waals surface area contributed by atoms with Crippen molar-refractivity contribution >= 4 is 11.6 Å². The van der Waals surface area contributed by atoms with Crippen LogP contribution in [-0.2, 0) is 6.54 Å². The fraction of sp³-hybridized carbons (Fsp3) is 0.647. The third-order valence-electron chi connectivity index (χ3n) is 5.17. The van der Waals surface area contributed by atoms with Gasteiger partial charge in [-0.1, -0.05) is 24.1 Å². The van der Waals surface area contributed by atoms with Gasteiger partial charge >= 0.3 is 0 Å². The van der Waals surface area contributed by atoms with Gasteiger partial charge in [-0.25, -0.2) is 0 Å². The van der Waals surface area contributed by atoms with Crippen molar-refractivity contribution in [2.75, 3.05) is 14.2 Å². The van der Waals surface area contributed by atoms with Crippen molar-refractivity contribution in [3.05, 3.63) is 28.8 Å². The topological polar surface area (TPSA) is 24.5 Å². The highest BCUT2D eigenvalue weighted by Crippen LogP contribution is 2.37. The second-order valence-electron chi connectivity index (χ2n) is 6.29. The van der Waals surface area contributed by atoms with Gasteiger partial charge in [0, 0.05) is 35.3 Å². The molecule has 1 N–H and O–H groups in total. The zero-order valence-electron chi connectivity index (χ0n) is 12.9. The summed E-state index contributed by atoms with van der Waals surface area (Å²) in [4.78, 5) is 2.67. The van der Waals surface area contributed by atoms with E-state index in [1.54, 1.807) is 7.11 Å². The first-order chi connectivity index (χ1) is 10.2. The van der Waals surface area contributed by atoms with E-state index in [4.69, 9.17) is 16.3 Å². The van der Waals surface area contributed by atoms with E-state index in [9.17, 15) is 0 Å². The molecule has 2 heterocycles. The number of hydrogen-bond acceptors (Lipinski definition) is 3. The number of benzene rings is 1. The normalized spacial score (nSPS) is 29.4. The lowest BCUT2D eigenvalue weighted by Crippen LogP contribution is -2.55. The first-order valence-electron chi connectivity index (χ1n) is 7.97. The molecule has 0 amide bonds.